The minimum absolute atomic E-state index is 0.110. The minimum Gasteiger partial charge on any atom is -0.493 e. The molecule has 26 heavy (non-hydrogen) atoms. The van der Waals surface area contributed by atoms with Crippen molar-refractivity contribution in [2.75, 3.05) is 0 Å². The van der Waals surface area contributed by atoms with Crippen LogP contribution in [0.15, 0.2) is 28.4 Å². The quantitative estimate of drug-likeness (QED) is 0.740. The van der Waals surface area contributed by atoms with E-state index >= 15 is 0 Å². The number of aromatic hydroxyl groups is 1. The van der Waals surface area contributed by atoms with E-state index < -0.39 is 5.82 Å². The van der Waals surface area contributed by atoms with Crippen LogP contribution in [0.25, 0.3) is 10.9 Å². The van der Waals surface area contributed by atoms with E-state index in [9.17, 15) is 14.3 Å². The second kappa shape index (κ2) is 5.63. The molecular weight excluding hydrogens is 333 g/mol. The summed E-state index contributed by atoms with van der Waals surface area (Å²) in [4.78, 5) is 15.2. The number of azo groups is 1. The summed E-state index contributed by atoms with van der Waals surface area (Å²) in [6.07, 6.45) is 7.88. The first-order valence-electron chi connectivity index (χ1n) is 9.44. The van der Waals surface area contributed by atoms with Gasteiger partial charge in [0.25, 0.3) is 5.91 Å². The normalized spacial score (nSPS) is 32.7. The smallest absolute Gasteiger partial charge is 0.265 e. The first-order valence-corrected chi connectivity index (χ1v) is 9.44. The molecule has 0 radical (unpaired) electrons. The molecule has 0 spiro atoms. The Bertz CT molecular complexity index is 882. The molecule has 6 rings (SSSR count). The van der Waals surface area contributed by atoms with E-state index in [2.05, 4.69) is 15.2 Å². The molecule has 1 aromatic carbocycles. The molecule has 136 valence electrons. The first-order chi connectivity index (χ1) is 12.5. The Morgan fingerprint density at radius 2 is 1.85 bits per heavy atom. The van der Waals surface area contributed by atoms with Gasteiger partial charge in [0.15, 0.2) is 5.69 Å². The Morgan fingerprint density at radius 3 is 2.50 bits per heavy atom. The number of hydrogen-bond acceptors (Lipinski definition) is 3. The summed E-state index contributed by atoms with van der Waals surface area (Å²) in [7, 11) is 0. The standard InChI is InChI=1S/C20H22FN3O2/c21-14-1-2-16-15(6-14)18(19(26)22-16)24-23-17(25)10-20-7-11-3-12(8-20)5-13(4-11)9-20/h1-2,6,11-13,22,26H,3-5,7-10H2. The average Bonchev–Trinajstić information content (AvgIpc) is 2.86. The highest BCUT2D eigenvalue weighted by Gasteiger charge is 2.51. The molecular formula is C20H22FN3O2. The molecule has 4 fully saturated rings. The molecule has 0 aliphatic heterocycles. The molecule has 4 aliphatic rings. The molecule has 4 bridgehead atoms. The number of nitrogens with one attached hydrogen (secondary N) is 1. The van der Waals surface area contributed by atoms with Crippen LogP contribution in [0.5, 0.6) is 5.88 Å². The van der Waals surface area contributed by atoms with Gasteiger partial charge < -0.3 is 10.1 Å². The van der Waals surface area contributed by atoms with Crippen molar-refractivity contribution in [2.45, 2.75) is 44.9 Å². The zero-order valence-corrected chi connectivity index (χ0v) is 14.5. The molecule has 2 aromatic rings. The van der Waals surface area contributed by atoms with E-state index in [1.165, 1.54) is 37.5 Å². The van der Waals surface area contributed by atoms with Gasteiger partial charge in [-0.2, -0.15) is 0 Å². The third kappa shape index (κ3) is 2.63. The van der Waals surface area contributed by atoms with Crippen LogP contribution in [0.2, 0.25) is 0 Å². The number of carbonyl (C=O) groups is 1. The van der Waals surface area contributed by atoms with Crippen molar-refractivity contribution in [3.63, 3.8) is 0 Å². The first kappa shape index (κ1) is 16.0. The van der Waals surface area contributed by atoms with Crippen molar-refractivity contribution in [1.82, 2.24) is 4.98 Å². The number of nitrogens with zero attached hydrogens (tertiary/aromatic N) is 2. The van der Waals surface area contributed by atoms with Crippen LogP contribution in [-0.2, 0) is 4.79 Å². The summed E-state index contributed by atoms with van der Waals surface area (Å²) in [5.41, 5.74) is 0.795. The summed E-state index contributed by atoms with van der Waals surface area (Å²) in [6.45, 7) is 0. The number of amides is 1. The fourth-order valence-electron chi connectivity index (χ4n) is 6.21. The maximum Gasteiger partial charge on any atom is 0.265 e. The molecule has 4 saturated carbocycles. The fraction of sp³-hybridized carbons (Fsp3) is 0.550. The Morgan fingerprint density at radius 1 is 1.19 bits per heavy atom. The molecule has 0 saturated heterocycles. The van der Waals surface area contributed by atoms with Gasteiger partial charge in [-0.1, -0.05) is 0 Å². The summed E-state index contributed by atoms with van der Waals surface area (Å²) < 4.78 is 13.5. The second-order valence-electron chi connectivity index (χ2n) is 8.70. The summed E-state index contributed by atoms with van der Waals surface area (Å²) in [5, 5.41) is 18.3. The minimum atomic E-state index is -0.423. The molecule has 6 heteroatoms. The van der Waals surface area contributed by atoms with Crippen molar-refractivity contribution in [2.24, 2.45) is 33.4 Å². The van der Waals surface area contributed by atoms with Crippen LogP contribution in [0, 0.1) is 29.0 Å². The summed E-state index contributed by atoms with van der Waals surface area (Å²) in [5.74, 6) is 1.49. The van der Waals surface area contributed by atoms with Crippen molar-refractivity contribution in [3.8, 4) is 5.88 Å². The number of hydrogen-bond donors (Lipinski definition) is 2. The van der Waals surface area contributed by atoms with Gasteiger partial charge in [0.05, 0.1) is 5.52 Å². The van der Waals surface area contributed by atoms with Gasteiger partial charge in [0, 0.05) is 11.8 Å². The van der Waals surface area contributed by atoms with Gasteiger partial charge in [0.1, 0.15) is 5.82 Å². The lowest BCUT2D eigenvalue weighted by atomic mass is 9.49. The molecule has 5 nitrogen and oxygen atoms in total. The van der Waals surface area contributed by atoms with Gasteiger partial charge >= 0.3 is 0 Å². The molecule has 2 N–H and O–H groups in total. The highest BCUT2D eigenvalue weighted by Crippen LogP contribution is 2.61. The molecule has 1 aromatic heterocycles. The number of benzene rings is 1. The van der Waals surface area contributed by atoms with Gasteiger partial charge in [-0.25, -0.2) is 4.39 Å². The highest BCUT2D eigenvalue weighted by atomic mass is 19.1. The number of H-pyrrole nitrogens is 1. The lowest BCUT2D eigenvalue weighted by Crippen LogP contribution is -2.46. The number of aromatic amines is 1. The van der Waals surface area contributed by atoms with E-state index in [1.54, 1.807) is 0 Å². The monoisotopic (exact) mass is 355 g/mol. The summed E-state index contributed by atoms with van der Waals surface area (Å²) in [6, 6.07) is 4.11. The predicted molar refractivity (Wildman–Crippen MR) is 94.7 cm³/mol. The number of rotatable bonds is 3. The van der Waals surface area contributed by atoms with Crippen LogP contribution in [0.4, 0.5) is 10.1 Å². The lowest BCUT2D eigenvalue weighted by Gasteiger charge is -2.56. The SMILES string of the molecule is O=C(CC12CC3CC(CC(C3)C1)C2)N=Nc1c(O)[nH]c2ccc(F)cc12. The lowest BCUT2D eigenvalue weighted by molar-refractivity contribution is -0.126. The topological polar surface area (TPSA) is 77.8 Å². The Labute approximate surface area is 150 Å². The zero-order chi connectivity index (χ0) is 17.9. The average molecular weight is 355 g/mol. The number of fused-ring (bicyclic) bond motifs is 1. The van der Waals surface area contributed by atoms with Crippen LogP contribution in [0.1, 0.15) is 44.9 Å². The predicted octanol–water partition coefficient (Wildman–Crippen LogP) is 5.23. The Balaban J connectivity index is 1.36. The van der Waals surface area contributed by atoms with Gasteiger partial charge in [0.2, 0.25) is 5.88 Å². The third-order valence-electron chi connectivity index (χ3n) is 6.67. The van der Waals surface area contributed by atoms with E-state index in [4.69, 9.17) is 0 Å². The van der Waals surface area contributed by atoms with Crippen LogP contribution < -0.4 is 0 Å². The Kier molecular flexibility index (Phi) is 3.46. The molecule has 0 unspecified atom stereocenters. The number of carbonyl (C=O) groups excluding carboxylic acids is 1. The maximum absolute atomic E-state index is 13.5. The molecule has 1 amide bonds. The number of halogens is 1. The van der Waals surface area contributed by atoms with E-state index in [0.717, 1.165) is 37.0 Å². The number of aromatic nitrogens is 1. The van der Waals surface area contributed by atoms with Crippen LogP contribution >= 0.6 is 0 Å². The van der Waals surface area contributed by atoms with Crippen molar-refractivity contribution in [3.05, 3.63) is 24.0 Å². The Hall–Kier alpha value is -2.24. The molecule has 0 atom stereocenters. The molecule has 4 aliphatic carbocycles. The summed E-state index contributed by atoms with van der Waals surface area (Å²) >= 11 is 0. The van der Waals surface area contributed by atoms with Crippen molar-refractivity contribution >= 4 is 22.5 Å². The maximum atomic E-state index is 13.5. The van der Waals surface area contributed by atoms with Crippen LogP contribution in [-0.4, -0.2) is 16.0 Å². The van der Waals surface area contributed by atoms with Crippen LogP contribution in [0.3, 0.4) is 0 Å². The fourth-order valence-corrected chi connectivity index (χ4v) is 6.21. The van der Waals surface area contributed by atoms with E-state index in [0.29, 0.717) is 17.3 Å². The largest absolute Gasteiger partial charge is 0.493 e. The van der Waals surface area contributed by atoms with E-state index in [1.807, 2.05) is 0 Å². The second-order valence-corrected chi connectivity index (χ2v) is 8.70. The zero-order valence-electron chi connectivity index (χ0n) is 14.5. The van der Waals surface area contributed by atoms with Gasteiger partial charge in [-0.15, -0.1) is 10.2 Å². The molecule has 1 heterocycles. The third-order valence-corrected chi connectivity index (χ3v) is 6.67. The van der Waals surface area contributed by atoms with Gasteiger partial charge in [-0.05, 0) is 79.9 Å². The van der Waals surface area contributed by atoms with Crippen molar-refractivity contribution in [1.29, 1.82) is 0 Å². The van der Waals surface area contributed by atoms with Crippen molar-refractivity contribution < 1.29 is 14.3 Å². The highest BCUT2D eigenvalue weighted by molar-refractivity contribution is 5.94. The van der Waals surface area contributed by atoms with Gasteiger partial charge in [-0.3, -0.25) is 4.79 Å². The van der Waals surface area contributed by atoms with E-state index in [-0.39, 0.29) is 22.9 Å².